The van der Waals surface area contributed by atoms with Crippen LogP contribution in [0, 0.1) is 0 Å². The molecule has 0 aromatic carbocycles. The molecule has 2 aromatic heterocycles. The predicted molar refractivity (Wildman–Crippen MR) is 92.0 cm³/mol. The van der Waals surface area contributed by atoms with E-state index in [1.807, 2.05) is 32.2 Å². The summed E-state index contributed by atoms with van der Waals surface area (Å²) in [5, 5.41) is 11.6. The molecule has 8 heteroatoms. The molecule has 0 unspecified atom stereocenters. The lowest BCUT2D eigenvalue weighted by atomic mass is 10.1. The molecule has 0 saturated heterocycles. The molecule has 0 spiro atoms. The van der Waals surface area contributed by atoms with Gasteiger partial charge in [0.1, 0.15) is 11.4 Å². The molecule has 0 bridgehead atoms. The van der Waals surface area contributed by atoms with Crippen LogP contribution >= 0.6 is 11.6 Å². The highest BCUT2D eigenvalue weighted by Gasteiger charge is 2.20. The quantitative estimate of drug-likeness (QED) is 0.866. The van der Waals surface area contributed by atoms with Gasteiger partial charge in [0.05, 0.1) is 6.20 Å². The molecule has 2 aromatic rings. The van der Waals surface area contributed by atoms with E-state index in [1.54, 1.807) is 21.8 Å². The monoisotopic (exact) mass is 346 g/mol. The van der Waals surface area contributed by atoms with E-state index in [0.717, 1.165) is 17.7 Å². The van der Waals surface area contributed by atoms with E-state index in [0.29, 0.717) is 23.9 Å². The first-order valence-corrected chi connectivity index (χ1v) is 8.20. The van der Waals surface area contributed by atoms with Crippen molar-refractivity contribution in [3.63, 3.8) is 0 Å². The number of carbonyl (C=O) groups is 1. The lowest BCUT2D eigenvalue weighted by Crippen LogP contribution is -2.44. The Labute approximate surface area is 145 Å². The van der Waals surface area contributed by atoms with Gasteiger partial charge in [-0.3, -0.25) is 0 Å². The van der Waals surface area contributed by atoms with Gasteiger partial charge in [0.15, 0.2) is 5.15 Å². The maximum absolute atomic E-state index is 12.0. The molecule has 0 atom stereocenters. The molecule has 0 saturated carbocycles. The molecule has 2 amide bonds. The summed E-state index contributed by atoms with van der Waals surface area (Å²) in [4.78, 5) is 17.8. The van der Waals surface area contributed by atoms with Crippen molar-refractivity contribution in [1.82, 2.24) is 30.2 Å². The molecular formula is C16H19ClN6O. The van der Waals surface area contributed by atoms with Crippen LogP contribution in [-0.4, -0.2) is 50.0 Å². The number of amides is 2. The number of halogens is 1. The van der Waals surface area contributed by atoms with Crippen molar-refractivity contribution in [2.75, 3.05) is 13.1 Å². The minimum atomic E-state index is -0.0360. The van der Waals surface area contributed by atoms with Gasteiger partial charge in [-0.2, -0.15) is 0 Å². The van der Waals surface area contributed by atoms with Crippen LogP contribution in [0.1, 0.15) is 26.0 Å². The lowest BCUT2D eigenvalue weighted by Gasteiger charge is -2.27. The minimum absolute atomic E-state index is 0.0360. The van der Waals surface area contributed by atoms with E-state index >= 15 is 0 Å². The topological polar surface area (TPSA) is 75.9 Å². The number of rotatable bonds is 3. The Morgan fingerprint density at radius 2 is 2.25 bits per heavy atom. The molecule has 0 radical (unpaired) electrons. The normalized spacial score (nSPS) is 14.7. The number of hydrogen-bond acceptors (Lipinski definition) is 4. The van der Waals surface area contributed by atoms with Gasteiger partial charge >= 0.3 is 6.03 Å². The van der Waals surface area contributed by atoms with Crippen LogP contribution in [-0.2, 0) is 0 Å². The highest BCUT2D eigenvalue weighted by Crippen LogP contribution is 2.22. The fourth-order valence-corrected chi connectivity index (χ4v) is 2.71. The van der Waals surface area contributed by atoms with Gasteiger partial charge in [0.25, 0.3) is 0 Å². The smallest absolute Gasteiger partial charge is 0.317 e. The molecule has 0 fully saturated rings. The third-order valence-corrected chi connectivity index (χ3v) is 4.01. The van der Waals surface area contributed by atoms with E-state index in [2.05, 4.69) is 20.6 Å². The number of nitrogens with one attached hydrogen (secondary N) is 1. The number of carbonyl (C=O) groups excluding carboxylic acids is 1. The van der Waals surface area contributed by atoms with Gasteiger partial charge in [-0.05, 0) is 38.0 Å². The molecule has 24 heavy (non-hydrogen) atoms. The van der Waals surface area contributed by atoms with Crippen LogP contribution in [0.3, 0.4) is 0 Å². The second-order valence-electron chi connectivity index (χ2n) is 5.89. The standard InChI is InChI=1S/C16H19ClN6O/c1-11(2)19-16(24)22-8-5-12(6-9-22)13-10-23(21-20-13)14-4-3-7-18-15(14)17/h3-5,7,10-11H,6,8-9H2,1-2H3,(H,19,24). The summed E-state index contributed by atoms with van der Waals surface area (Å²) in [6.45, 7) is 5.12. The van der Waals surface area contributed by atoms with Crippen molar-refractivity contribution < 1.29 is 4.79 Å². The van der Waals surface area contributed by atoms with Gasteiger partial charge in [-0.1, -0.05) is 22.9 Å². The maximum Gasteiger partial charge on any atom is 0.317 e. The van der Waals surface area contributed by atoms with E-state index < -0.39 is 0 Å². The van der Waals surface area contributed by atoms with Gasteiger partial charge in [0.2, 0.25) is 0 Å². The average molecular weight is 347 g/mol. The maximum atomic E-state index is 12.0. The summed E-state index contributed by atoms with van der Waals surface area (Å²) in [6.07, 6.45) is 6.22. The molecule has 3 heterocycles. The summed E-state index contributed by atoms with van der Waals surface area (Å²) in [5.41, 5.74) is 2.56. The van der Waals surface area contributed by atoms with Crippen molar-refractivity contribution in [3.8, 4) is 5.69 Å². The van der Waals surface area contributed by atoms with Crippen LogP contribution < -0.4 is 5.32 Å². The van der Waals surface area contributed by atoms with Gasteiger partial charge in [0, 0.05) is 25.3 Å². The second-order valence-corrected chi connectivity index (χ2v) is 6.25. The highest BCUT2D eigenvalue weighted by molar-refractivity contribution is 6.31. The van der Waals surface area contributed by atoms with Crippen LogP contribution in [0.4, 0.5) is 4.79 Å². The Balaban J connectivity index is 1.72. The summed E-state index contributed by atoms with van der Waals surface area (Å²) >= 11 is 6.08. The third kappa shape index (κ3) is 3.56. The predicted octanol–water partition coefficient (Wildman–Crippen LogP) is 2.52. The second kappa shape index (κ2) is 7.00. The summed E-state index contributed by atoms with van der Waals surface area (Å²) in [6, 6.07) is 3.73. The summed E-state index contributed by atoms with van der Waals surface area (Å²) in [5.74, 6) is 0. The molecular weight excluding hydrogens is 328 g/mol. The van der Waals surface area contributed by atoms with E-state index in [4.69, 9.17) is 11.6 Å². The van der Waals surface area contributed by atoms with Crippen molar-refractivity contribution in [2.45, 2.75) is 26.3 Å². The zero-order valence-electron chi connectivity index (χ0n) is 13.6. The molecule has 1 N–H and O–H groups in total. The van der Waals surface area contributed by atoms with Crippen LogP contribution in [0.25, 0.3) is 11.3 Å². The molecule has 7 nitrogen and oxygen atoms in total. The fraction of sp³-hybridized carbons (Fsp3) is 0.375. The summed E-state index contributed by atoms with van der Waals surface area (Å²) < 4.78 is 1.61. The number of pyridine rings is 1. The highest BCUT2D eigenvalue weighted by atomic mass is 35.5. The third-order valence-electron chi connectivity index (χ3n) is 3.72. The van der Waals surface area contributed by atoms with Gasteiger partial charge in [-0.15, -0.1) is 5.10 Å². The number of hydrogen-bond donors (Lipinski definition) is 1. The Hall–Kier alpha value is -2.41. The zero-order chi connectivity index (χ0) is 17.1. The first-order chi connectivity index (χ1) is 11.5. The first-order valence-electron chi connectivity index (χ1n) is 7.82. The Kier molecular flexibility index (Phi) is 4.80. The van der Waals surface area contributed by atoms with Gasteiger partial charge < -0.3 is 10.2 Å². The fourth-order valence-electron chi connectivity index (χ4n) is 2.50. The van der Waals surface area contributed by atoms with Crippen LogP contribution in [0.15, 0.2) is 30.6 Å². The molecule has 0 aliphatic carbocycles. The molecule has 1 aliphatic heterocycles. The minimum Gasteiger partial charge on any atom is -0.336 e. The zero-order valence-corrected chi connectivity index (χ0v) is 14.4. The molecule has 1 aliphatic rings. The number of urea groups is 1. The van der Waals surface area contributed by atoms with Crippen molar-refractivity contribution in [1.29, 1.82) is 0 Å². The van der Waals surface area contributed by atoms with Crippen molar-refractivity contribution >= 4 is 23.2 Å². The Morgan fingerprint density at radius 3 is 2.92 bits per heavy atom. The van der Waals surface area contributed by atoms with Crippen molar-refractivity contribution in [2.24, 2.45) is 0 Å². The van der Waals surface area contributed by atoms with Crippen molar-refractivity contribution in [3.05, 3.63) is 41.4 Å². The number of nitrogens with zero attached hydrogens (tertiary/aromatic N) is 5. The van der Waals surface area contributed by atoms with E-state index in [1.165, 1.54) is 0 Å². The summed E-state index contributed by atoms with van der Waals surface area (Å²) in [7, 11) is 0. The SMILES string of the molecule is CC(C)NC(=O)N1CC=C(c2cn(-c3cccnc3Cl)nn2)CC1. The first kappa shape index (κ1) is 16.4. The van der Waals surface area contributed by atoms with E-state index in [-0.39, 0.29) is 12.1 Å². The Bertz CT molecular complexity index is 769. The Morgan fingerprint density at radius 1 is 1.42 bits per heavy atom. The molecule has 126 valence electrons. The average Bonchev–Trinajstić information content (AvgIpc) is 3.04. The van der Waals surface area contributed by atoms with E-state index in [9.17, 15) is 4.79 Å². The van der Waals surface area contributed by atoms with Crippen LogP contribution in [0.5, 0.6) is 0 Å². The lowest BCUT2D eigenvalue weighted by molar-refractivity contribution is 0.200. The number of aromatic nitrogens is 4. The molecule has 3 rings (SSSR count). The largest absolute Gasteiger partial charge is 0.336 e. The van der Waals surface area contributed by atoms with Gasteiger partial charge in [-0.25, -0.2) is 14.5 Å². The van der Waals surface area contributed by atoms with Crippen LogP contribution in [0.2, 0.25) is 5.15 Å².